The fourth-order valence-corrected chi connectivity index (χ4v) is 7.90. The first-order valence-electron chi connectivity index (χ1n) is 12.2. The van der Waals surface area contributed by atoms with Crippen molar-refractivity contribution < 1.29 is 0 Å². The molecule has 5 unspecified atom stereocenters. The molecular weight excluding hydrogens is 324 g/mol. The highest BCUT2D eigenvalue weighted by molar-refractivity contribution is 5.16. The summed E-state index contributed by atoms with van der Waals surface area (Å²) in [5.41, 5.74) is 1.46. The maximum atomic E-state index is 2.73. The molecule has 0 aromatic carbocycles. The standard InChI is InChI=1S/C27H56/c1-15-21(7)25(13,19-5)26(14,24(12,17-3)18-4)27(20-6,22(8)16-2)23(9,10)11/h21-22H,15-20H2,1-14H3. The van der Waals surface area contributed by atoms with Crippen LogP contribution in [0, 0.1) is 38.9 Å². The Balaban J connectivity index is 7.49. The zero-order valence-electron chi connectivity index (χ0n) is 21.9. The maximum Gasteiger partial charge on any atom is -0.0152 e. The molecule has 0 heteroatoms. The third-order valence-electron chi connectivity index (χ3n) is 10.6. The predicted molar refractivity (Wildman–Crippen MR) is 126 cm³/mol. The van der Waals surface area contributed by atoms with E-state index in [0.717, 1.165) is 5.92 Å². The van der Waals surface area contributed by atoms with Gasteiger partial charge in [-0.1, -0.05) is 123 Å². The van der Waals surface area contributed by atoms with Gasteiger partial charge in [0.05, 0.1) is 0 Å². The van der Waals surface area contributed by atoms with E-state index in [9.17, 15) is 0 Å². The normalized spacial score (nSPS) is 22.4. The lowest BCUT2D eigenvalue weighted by Gasteiger charge is -2.72. The molecule has 0 aliphatic rings. The van der Waals surface area contributed by atoms with Crippen molar-refractivity contribution in [1.82, 2.24) is 0 Å². The summed E-state index contributed by atoms with van der Waals surface area (Å²) < 4.78 is 0. The van der Waals surface area contributed by atoms with E-state index in [0.29, 0.717) is 22.2 Å². The fraction of sp³-hybridized carbons (Fsp3) is 1.00. The van der Waals surface area contributed by atoms with Crippen molar-refractivity contribution in [2.75, 3.05) is 0 Å². The van der Waals surface area contributed by atoms with Gasteiger partial charge in [-0.2, -0.15) is 0 Å². The summed E-state index contributed by atoms with van der Waals surface area (Å²) in [5, 5.41) is 0. The molecule has 0 amide bonds. The van der Waals surface area contributed by atoms with Gasteiger partial charge in [-0.05, 0) is 51.8 Å². The number of hydrogen-bond donors (Lipinski definition) is 0. The van der Waals surface area contributed by atoms with Crippen molar-refractivity contribution in [3.63, 3.8) is 0 Å². The molecule has 0 bridgehead atoms. The Kier molecular flexibility index (Phi) is 9.21. The van der Waals surface area contributed by atoms with E-state index in [1.165, 1.54) is 38.5 Å². The minimum Gasteiger partial charge on any atom is -0.0651 e. The highest BCUT2D eigenvalue weighted by Crippen LogP contribution is 2.74. The van der Waals surface area contributed by atoms with Crippen LogP contribution in [-0.2, 0) is 0 Å². The van der Waals surface area contributed by atoms with Gasteiger partial charge in [0.2, 0.25) is 0 Å². The monoisotopic (exact) mass is 380 g/mol. The molecule has 0 nitrogen and oxygen atoms in total. The van der Waals surface area contributed by atoms with Crippen LogP contribution < -0.4 is 0 Å². The van der Waals surface area contributed by atoms with E-state index in [4.69, 9.17) is 0 Å². The summed E-state index contributed by atoms with van der Waals surface area (Å²) in [5.74, 6) is 1.43. The van der Waals surface area contributed by atoms with Gasteiger partial charge >= 0.3 is 0 Å². The first-order chi connectivity index (χ1) is 12.2. The highest BCUT2D eigenvalue weighted by atomic mass is 14.7. The topological polar surface area (TPSA) is 0 Å². The van der Waals surface area contributed by atoms with Gasteiger partial charge in [0.15, 0.2) is 0 Å². The van der Waals surface area contributed by atoms with E-state index in [1.807, 2.05) is 0 Å². The van der Waals surface area contributed by atoms with Gasteiger partial charge < -0.3 is 0 Å². The molecule has 0 radical (unpaired) electrons. The van der Waals surface area contributed by atoms with Crippen molar-refractivity contribution >= 4 is 0 Å². The third-order valence-corrected chi connectivity index (χ3v) is 10.6. The molecule has 0 saturated heterocycles. The highest BCUT2D eigenvalue weighted by Gasteiger charge is 2.68. The van der Waals surface area contributed by atoms with E-state index in [2.05, 4.69) is 96.9 Å². The second-order valence-corrected chi connectivity index (χ2v) is 11.4. The van der Waals surface area contributed by atoms with Crippen LogP contribution in [0.2, 0.25) is 0 Å². The van der Waals surface area contributed by atoms with Crippen LogP contribution in [0.4, 0.5) is 0 Å². The molecule has 5 atom stereocenters. The molecule has 0 aromatic rings. The molecular formula is C27H56. The van der Waals surface area contributed by atoms with Crippen molar-refractivity contribution in [3.8, 4) is 0 Å². The van der Waals surface area contributed by atoms with Gasteiger partial charge in [0.1, 0.15) is 0 Å². The van der Waals surface area contributed by atoms with Gasteiger partial charge in [0.25, 0.3) is 0 Å². The summed E-state index contributed by atoms with van der Waals surface area (Å²) in [6.45, 7) is 35.4. The Morgan fingerprint density at radius 2 is 0.963 bits per heavy atom. The molecule has 0 fully saturated rings. The lowest BCUT2D eigenvalue weighted by molar-refractivity contribution is -0.244. The molecule has 164 valence electrons. The van der Waals surface area contributed by atoms with Crippen LogP contribution in [0.5, 0.6) is 0 Å². The SMILES string of the molecule is CCC(C)C(C)(CC)C(C)(C(C)(CC)CC)C(CC)(C(C)CC)C(C)(C)C. The Morgan fingerprint density at radius 3 is 1.19 bits per heavy atom. The Morgan fingerprint density at radius 1 is 0.556 bits per heavy atom. The Hall–Kier alpha value is 0. The zero-order valence-corrected chi connectivity index (χ0v) is 21.9. The Labute approximate surface area is 174 Å². The van der Waals surface area contributed by atoms with Crippen LogP contribution in [-0.4, -0.2) is 0 Å². The van der Waals surface area contributed by atoms with Crippen molar-refractivity contribution in [3.05, 3.63) is 0 Å². The summed E-state index contributed by atoms with van der Waals surface area (Å²) in [6.07, 6.45) is 7.60. The molecule has 0 spiro atoms. The summed E-state index contributed by atoms with van der Waals surface area (Å²) in [4.78, 5) is 0. The van der Waals surface area contributed by atoms with Crippen LogP contribution in [0.3, 0.4) is 0 Å². The predicted octanol–water partition coefficient (Wildman–Crippen LogP) is 9.77. The number of rotatable bonds is 11. The third kappa shape index (κ3) is 3.66. The molecule has 0 heterocycles. The average molecular weight is 381 g/mol. The lowest BCUT2D eigenvalue weighted by atomic mass is 9.32. The molecule has 0 rings (SSSR count). The van der Waals surface area contributed by atoms with Gasteiger partial charge in [-0.15, -0.1) is 0 Å². The maximum absolute atomic E-state index is 2.73. The van der Waals surface area contributed by atoms with Gasteiger partial charge in [-0.25, -0.2) is 0 Å². The van der Waals surface area contributed by atoms with Crippen LogP contribution >= 0.6 is 0 Å². The van der Waals surface area contributed by atoms with Crippen molar-refractivity contribution in [2.45, 2.75) is 135 Å². The average Bonchev–Trinajstić information content (AvgIpc) is 2.64. The van der Waals surface area contributed by atoms with E-state index < -0.39 is 0 Å². The minimum absolute atomic E-state index is 0.253. The van der Waals surface area contributed by atoms with Gasteiger partial charge in [0, 0.05) is 0 Å². The molecule has 0 aliphatic heterocycles. The molecule has 27 heavy (non-hydrogen) atoms. The summed E-state index contributed by atoms with van der Waals surface area (Å²) >= 11 is 0. The van der Waals surface area contributed by atoms with E-state index >= 15 is 0 Å². The zero-order chi connectivity index (χ0) is 21.9. The minimum atomic E-state index is 0.253. The first-order valence-corrected chi connectivity index (χ1v) is 12.2. The van der Waals surface area contributed by atoms with Gasteiger partial charge in [-0.3, -0.25) is 0 Å². The second-order valence-electron chi connectivity index (χ2n) is 11.4. The fourth-order valence-electron chi connectivity index (χ4n) is 7.90. The summed E-state index contributed by atoms with van der Waals surface area (Å²) in [7, 11) is 0. The Bertz CT molecular complexity index is 437. The molecule has 0 saturated carbocycles. The quantitative estimate of drug-likeness (QED) is 0.334. The molecule has 0 N–H and O–H groups in total. The summed E-state index contributed by atoms with van der Waals surface area (Å²) in [6, 6.07) is 0. The molecule has 0 aliphatic carbocycles. The number of hydrogen-bond acceptors (Lipinski definition) is 0. The molecule has 0 aromatic heterocycles. The lowest BCUT2D eigenvalue weighted by Crippen LogP contribution is -2.66. The van der Waals surface area contributed by atoms with Crippen molar-refractivity contribution in [2.24, 2.45) is 38.9 Å². The van der Waals surface area contributed by atoms with Crippen LogP contribution in [0.25, 0.3) is 0 Å². The second kappa shape index (κ2) is 9.21. The smallest absolute Gasteiger partial charge is 0.0152 e. The first kappa shape index (κ1) is 27.0. The van der Waals surface area contributed by atoms with Crippen LogP contribution in [0.1, 0.15) is 135 Å². The van der Waals surface area contributed by atoms with E-state index in [-0.39, 0.29) is 10.8 Å². The van der Waals surface area contributed by atoms with Crippen molar-refractivity contribution in [1.29, 1.82) is 0 Å². The van der Waals surface area contributed by atoms with E-state index in [1.54, 1.807) is 0 Å². The largest absolute Gasteiger partial charge is 0.0651 e. The van der Waals surface area contributed by atoms with Crippen LogP contribution in [0.15, 0.2) is 0 Å².